The molecule has 0 saturated heterocycles. The fraction of sp³-hybridized carbons (Fsp3) is 0.0625. The molecule has 0 fully saturated rings. The average molecular weight is 280 g/mol. The molecule has 3 rings (SSSR count). The number of rotatable bonds is 4. The molecule has 0 aliphatic rings. The Morgan fingerprint density at radius 1 is 1.14 bits per heavy atom. The summed E-state index contributed by atoms with van der Waals surface area (Å²) in [6.45, 7) is 0.267. The Bertz CT molecular complexity index is 802. The van der Waals surface area contributed by atoms with Gasteiger partial charge in [-0.2, -0.15) is 0 Å². The molecule has 0 saturated carbocycles. The number of aromatic carboxylic acids is 1. The molecule has 0 amide bonds. The lowest BCUT2D eigenvalue weighted by atomic mass is 10.2. The first-order valence-corrected chi connectivity index (χ1v) is 6.38. The second kappa shape index (κ2) is 5.58. The van der Waals surface area contributed by atoms with E-state index in [0.717, 1.165) is 16.5 Å². The Morgan fingerprint density at radius 3 is 2.86 bits per heavy atom. The molecule has 0 aliphatic carbocycles. The Morgan fingerprint density at radius 2 is 2.00 bits per heavy atom. The first-order valence-electron chi connectivity index (χ1n) is 6.38. The van der Waals surface area contributed by atoms with Crippen molar-refractivity contribution < 1.29 is 14.6 Å². The van der Waals surface area contributed by atoms with Crippen molar-refractivity contribution >= 4 is 16.9 Å². The minimum absolute atomic E-state index is 0.00716. The summed E-state index contributed by atoms with van der Waals surface area (Å²) in [6, 6.07) is 12.9. The van der Waals surface area contributed by atoms with Crippen LogP contribution in [0.4, 0.5) is 0 Å². The molecular formula is C16H12N2O3. The van der Waals surface area contributed by atoms with Crippen LogP contribution in [0.5, 0.6) is 5.75 Å². The lowest BCUT2D eigenvalue weighted by Gasteiger charge is -2.07. The molecule has 0 bridgehead atoms. The number of aromatic nitrogens is 2. The summed E-state index contributed by atoms with van der Waals surface area (Å²) in [5.74, 6) is -0.411. The quantitative estimate of drug-likeness (QED) is 0.795. The summed E-state index contributed by atoms with van der Waals surface area (Å²) in [5.41, 5.74) is 1.66. The largest absolute Gasteiger partial charge is 0.487 e. The molecule has 5 heteroatoms. The summed E-state index contributed by atoms with van der Waals surface area (Å²) < 4.78 is 5.65. The molecule has 0 aliphatic heterocycles. The number of ether oxygens (including phenoxy) is 1. The number of carboxylic acid groups (broad SMARTS) is 1. The topological polar surface area (TPSA) is 72.3 Å². The van der Waals surface area contributed by atoms with Crippen molar-refractivity contribution in [2.45, 2.75) is 6.61 Å². The highest BCUT2D eigenvalue weighted by molar-refractivity contribution is 5.85. The molecule has 2 aromatic heterocycles. The Hall–Kier alpha value is -2.95. The first kappa shape index (κ1) is 13.1. The third-order valence-corrected chi connectivity index (χ3v) is 3.01. The Balaban J connectivity index is 1.77. The minimum atomic E-state index is -1.05. The molecule has 0 radical (unpaired) electrons. The number of benzene rings is 1. The summed E-state index contributed by atoms with van der Waals surface area (Å²) in [7, 11) is 0. The van der Waals surface area contributed by atoms with Gasteiger partial charge in [0.25, 0.3) is 0 Å². The molecule has 5 nitrogen and oxygen atoms in total. The number of carbonyl (C=O) groups is 1. The average Bonchev–Trinajstić information content (AvgIpc) is 2.53. The van der Waals surface area contributed by atoms with Crippen molar-refractivity contribution in [3.05, 3.63) is 66.1 Å². The van der Waals surface area contributed by atoms with Crippen molar-refractivity contribution in [2.75, 3.05) is 0 Å². The minimum Gasteiger partial charge on any atom is -0.487 e. The van der Waals surface area contributed by atoms with Gasteiger partial charge < -0.3 is 9.84 Å². The fourth-order valence-electron chi connectivity index (χ4n) is 1.98. The summed E-state index contributed by atoms with van der Waals surface area (Å²) in [5, 5.41) is 9.90. The zero-order valence-corrected chi connectivity index (χ0v) is 11.1. The summed E-state index contributed by atoms with van der Waals surface area (Å²) in [4.78, 5) is 18.9. The maximum absolute atomic E-state index is 10.9. The number of hydrogen-bond acceptors (Lipinski definition) is 4. The Kier molecular flexibility index (Phi) is 3.47. The van der Waals surface area contributed by atoms with Gasteiger partial charge in [-0.25, -0.2) is 9.78 Å². The highest BCUT2D eigenvalue weighted by Gasteiger charge is 2.05. The second-order valence-corrected chi connectivity index (χ2v) is 4.51. The predicted octanol–water partition coefficient (Wildman–Crippen LogP) is 2.91. The van der Waals surface area contributed by atoms with Crippen molar-refractivity contribution in [1.82, 2.24) is 9.97 Å². The fourth-order valence-corrected chi connectivity index (χ4v) is 1.98. The van der Waals surface area contributed by atoms with Gasteiger partial charge in [0.1, 0.15) is 18.1 Å². The van der Waals surface area contributed by atoms with E-state index in [-0.39, 0.29) is 12.3 Å². The van der Waals surface area contributed by atoms with Gasteiger partial charge in [0, 0.05) is 11.6 Å². The van der Waals surface area contributed by atoms with Crippen LogP contribution in [0.2, 0.25) is 0 Å². The highest BCUT2D eigenvalue weighted by atomic mass is 16.5. The molecule has 3 aromatic rings. The molecular weight excluding hydrogens is 268 g/mol. The number of fused-ring (bicyclic) bond motifs is 1. The molecule has 2 heterocycles. The molecule has 0 atom stereocenters. The monoisotopic (exact) mass is 280 g/mol. The van der Waals surface area contributed by atoms with Crippen LogP contribution in [0, 0.1) is 0 Å². The lowest BCUT2D eigenvalue weighted by molar-refractivity contribution is 0.0690. The molecule has 1 N–H and O–H groups in total. The van der Waals surface area contributed by atoms with Gasteiger partial charge in [-0.15, -0.1) is 0 Å². The third-order valence-electron chi connectivity index (χ3n) is 3.01. The number of pyridine rings is 2. The normalized spacial score (nSPS) is 10.5. The van der Waals surface area contributed by atoms with Gasteiger partial charge in [-0.3, -0.25) is 4.98 Å². The van der Waals surface area contributed by atoms with Gasteiger partial charge in [-0.05, 0) is 29.8 Å². The van der Waals surface area contributed by atoms with Gasteiger partial charge in [-0.1, -0.05) is 18.2 Å². The number of para-hydroxylation sites is 1. The van der Waals surface area contributed by atoms with Crippen molar-refractivity contribution in [2.24, 2.45) is 0 Å². The van der Waals surface area contributed by atoms with E-state index in [4.69, 9.17) is 9.84 Å². The molecule has 104 valence electrons. The highest BCUT2D eigenvalue weighted by Crippen LogP contribution is 2.19. The first-order chi connectivity index (χ1) is 10.2. The van der Waals surface area contributed by atoms with Crippen molar-refractivity contribution in [3.8, 4) is 5.75 Å². The zero-order valence-electron chi connectivity index (χ0n) is 11.1. The van der Waals surface area contributed by atoms with Crippen LogP contribution in [-0.2, 0) is 6.61 Å². The van der Waals surface area contributed by atoms with Crippen LogP contribution in [0.15, 0.2) is 54.9 Å². The van der Waals surface area contributed by atoms with E-state index in [1.54, 1.807) is 12.3 Å². The molecule has 1 aromatic carbocycles. The van der Waals surface area contributed by atoms with Crippen molar-refractivity contribution in [3.63, 3.8) is 0 Å². The van der Waals surface area contributed by atoms with Crippen LogP contribution in [0.3, 0.4) is 0 Å². The smallest absolute Gasteiger partial charge is 0.354 e. The maximum atomic E-state index is 10.9. The molecule has 0 unspecified atom stereocenters. The van der Waals surface area contributed by atoms with Crippen LogP contribution in [0.25, 0.3) is 10.9 Å². The van der Waals surface area contributed by atoms with E-state index in [1.165, 1.54) is 12.3 Å². The number of hydrogen-bond donors (Lipinski definition) is 1. The number of nitrogens with zero attached hydrogens (tertiary/aromatic N) is 2. The van der Waals surface area contributed by atoms with E-state index in [2.05, 4.69) is 9.97 Å². The van der Waals surface area contributed by atoms with E-state index >= 15 is 0 Å². The Labute approximate surface area is 120 Å². The SMILES string of the molecule is O=C(O)c1cc(COc2cnc3ccccc3c2)ccn1. The maximum Gasteiger partial charge on any atom is 0.354 e. The van der Waals surface area contributed by atoms with Gasteiger partial charge in [0.2, 0.25) is 0 Å². The van der Waals surface area contributed by atoms with Crippen molar-refractivity contribution in [1.29, 1.82) is 0 Å². The van der Waals surface area contributed by atoms with Gasteiger partial charge in [0.15, 0.2) is 0 Å². The van der Waals surface area contributed by atoms with E-state index in [9.17, 15) is 4.79 Å². The third kappa shape index (κ3) is 2.97. The van der Waals surface area contributed by atoms with Crippen LogP contribution >= 0.6 is 0 Å². The van der Waals surface area contributed by atoms with E-state index in [0.29, 0.717) is 5.75 Å². The number of carboxylic acids is 1. The van der Waals surface area contributed by atoms with Crippen LogP contribution in [-0.4, -0.2) is 21.0 Å². The summed E-state index contributed by atoms with van der Waals surface area (Å²) in [6.07, 6.45) is 3.11. The van der Waals surface area contributed by atoms with Crippen LogP contribution in [0.1, 0.15) is 16.1 Å². The standard InChI is InChI=1S/C16H12N2O3/c19-16(20)15-7-11(5-6-17-15)10-21-13-8-12-3-1-2-4-14(12)18-9-13/h1-9H,10H2,(H,19,20). The van der Waals surface area contributed by atoms with E-state index in [1.807, 2.05) is 30.3 Å². The van der Waals surface area contributed by atoms with E-state index < -0.39 is 5.97 Å². The summed E-state index contributed by atoms with van der Waals surface area (Å²) >= 11 is 0. The lowest BCUT2D eigenvalue weighted by Crippen LogP contribution is -2.03. The molecule has 0 spiro atoms. The second-order valence-electron chi connectivity index (χ2n) is 4.51. The van der Waals surface area contributed by atoms with Gasteiger partial charge >= 0.3 is 5.97 Å². The molecule has 21 heavy (non-hydrogen) atoms. The zero-order chi connectivity index (χ0) is 14.7. The van der Waals surface area contributed by atoms with Crippen LogP contribution < -0.4 is 4.74 Å². The predicted molar refractivity (Wildman–Crippen MR) is 77.3 cm³/mol. The van der Waals surface area contributed by atoms with Gasteiger partial charge in [0.05, 0.1) is 11.7 Å².